The predicted molar refractivity (Wildman–Crippen MR) is 108 cm³/mol. The van der Waals surface area contributed by atoms with E-state index in [0.717, 1.165) is 0 Å². The predicted octanol–water partition coefficient (Wildman–Crippen LogP) is 2.71. The lowest BCUT2D eigenvalue weighted by Crippen LogP contribution is -2.14. The van der Waals surface area contributed by atoms with Gasteiger partial charge in [-0.15, -0.1) is 10.2 Å². The molecule has 0 unspecified atom stereocenters. The monoisotopic (exact) mass is 411 g/mol. The Morgan fingerprint density at radius 2 is 1.63 bits per heavy atom. The highest BCUT2D eigenvalue weighted by molar-refractivity contribution is 5.93. The minimum atomic E-state index is -0.552. The van der Waals surface area contributed by atoms with Crippen molar-refractivity contribution in [1.82, 2.24) is 15.0 Å². The molecule has 9 heteroatoms. The van der Waals surface area contributed by atoms with Gasteiger partial charge in [-0.1, -0.05) is 6.58 Å². The Hall–Kier alpha value is -3.88. The smallest absolute Gasteiger partial charge is 0.338 e. The van der Waals surface area contributed by atoms with Gasteiger partial charge in [0.25, 0.3) is 0 Å². The number of methoxy groups -OCH3 is 2. The van der Waals surface area contributed by atoms with Crippen molar-refractivity contribution < 1.29 is 28.5 Å². The Morgan fingerprint density at radius 1 is 0.933 bits per heavy atom. The number of ether oxygens (including phenoxy) is 4. The molecule has 156 valence electrons. The van der Waals surface area contributed by atoms with E-state index in [4.69, 9.17) is 18.9 Å². The number of carbonyl (C=O) groups is 2. The van der Waals surface area contributed by atoms with Crippen LogP contribution in [0.15, 0.2) is 48.6 Å². The molecular formula is C21H21N3O6. The number of rotatable bonds is 8. The maximum absolute atomic E-state index is 12.2. The molecule has 0 bridgehead atoms. The van der Waals surface area contributed by atoms with Crippen molar-refractivity contribution in [2.24, 2.45) is 0 Å². The van der Waals surface area contributed by atoms with Gasteiger partial charge >= 0.3 is 11.9 Å². The molecule has 0 radical (unpaired) electrons. The standard InChI is InChI=1S/C21H21N3O6/c1-13(2)20(25)29-9-10-30-21(26)14-5-7-16-17(11-14)23-24(22-16)15-6-8-18(27-3)19(12-15)28-4/h5-8,11-12H,1,9-10H2,2-4H3. The zero-order valence-corrected chi connectivity index (χ0v) is 16.9. The molecule has 0 fully saturated rings. The minimum Gasteiger partial charge on any atom is -0.493 e. The summed E-state index contributed by atoms with van der Waals surface area (Å²) in [5.74, 6) is 0.0630. The van der Waals surface area contributed by atoms with Gasteiger partial charge in [-0.3, -0.25) is 0 Å². The molecule has 0 atom stereocenters. The van der Waals surface area contributed by atoms with E-state index < -0.39 is 11.9 Å². The SMILES string of the molecule is C=C(C)C(=O)OCCOC(=O)c1ccc2nn(-c3ccc(OC)c(OC)c3)nc2c1. The number of hydrogen-bond donors (Lipinski definition) is 0. The maximum Gasteiger partial charge on any atom is 0.338 e. The molecule has 0 amide bonds. The van der Waals surface area contributed by atoms with Gasteiger partial charge in [-0.25, -0.2) is 9.59 Å². The largest absolute Gasteiger partial charge is 0.493 e. The number of esters is 2. The molecule has 0 spiro atoms. The van der Waals surface area contributed by atoms with Gasteiger partial charge in [0.05, 0.1) is 25.5 Å². The van der Waals surface area contributed by atoms with Crippen molar-refractivity contribution >= 4 is 23.0 Å². The molecule has 0 aliphatic carbocycles. The van der Waals surface area contributed by atoms with Crippen LogP contribution in [0.2, 0.25) is 0 Å². The lowest BCUT2D eigenvalue weighted by Gasteiger charge is -2.08. The Morgan fingerprint density at radius 3 is 2.33 bits per heavy atom. The first-order valence-electron chi connectivity index (χ1n) is 9.02. The summed E-state index contributed by atoms with van der Waals surface area (Å²) in [7, 11) is 3.11. The summed E-state index contributed by atoms with van der Waals surface area (Å²) in [5, 5.41) is 8.84. The Labute approximate surface area is 172 Å². The summed E-state index contributed by atoms with van der Waals surface area (Å²) < 4.78 is 20.6. The molecule has 0 aliphatic rings. The second-order valence-corrected chi connectivity index (χ2v) is 6.28. The number of carbonyl (C=O) groups excluding carboxylic acids is 2. The molecule has 0 aliphatic heterocycles. The summed E-state index contributed by atoms with van der Waals surface area (Å²) in [6.45, 7) is 4.91. The van der Waals surface area contributed by atoms with Crippen LogP contribution in [0.5, 0.6) is 11.5 Å². The first-order valence-corrected chi connectivity index (χ1v) is 9.02. The topological polar surface area (TPSA) is 102 Å². The lowest BCUT2D eigenvalue weighted by molar-refractivity contribution is -0.140. The van der Waals surface area contributed by atoms with Crippen LogP contribution in [0.4, 0.5) is 0 Å². The third kappa shape index (κ3) is 4.57. The Bertz CT molecular complexity index is 1110. The molecule has 0 saturated carbocycles. The number of nitrogens with zero attached hydrogens (tertiary/aromatic N) is 3. The average Bonchev–Trinajstić information content (AvgIpc) is 3.19. The summed E-state index contributed by atoms with van der Waals surface area (Å²) in [6.07, 6.45) is 0. The van der Waals surface area contributed by atoms with Crippen LogP contribution in [-0.4, -0.2) is 54.4 Å². The Balaban J connectivity index is 1.72. The zero-order chi connectivity index (χ0) is 21.7. The van der Waals surface area contributed by atoms with Crippen LogP contribution >= 0.6 is 0 Å². The zero-order valence-electron chi connectivity index (χ0n) is 16.9. The summed E-state index contributed by atoms with van der Waals surface area (Å²) in [5.41, 5.74) is 2.40. The maximum atomic E-state index is 12.2. The fourth-order valence-corrected chi connectivity index (χ4v) is 2.58. The lowest BCUT2D eigenvalue weighted by atomic mass is 10.2. The fraction of sp³-hybridized carbons (Fsp3) is 0.238. The highest BCUT2D eigenvalue weighted by Crippen LogP contribution is 2.29. The van der Waals surface area contributed by atoms with Gasteiger partial charge < -0.3 is 18.9 Å². The minimum absolute atomic E-state index is 0.0465. The van der Waals surface area contributed by atoms with E-state index >= 15 is 0 Å². The van der Waals surface area contributed by atoms with E-state index in [0.29, 0.717) is 33.8 Å². The van der Waals surface area contributed by atoms with Crippen molar-refractivity contribution in [3.05, 3.63) is 54.1 Å². The van der Waals surface area contributed by atoms with Crippen LogP contribution in [0.1, 0.15) is 17.3 Å². The van der Waals surface area contributed by atoms with Crippen molar-refractivity contribution in [3.63, 3.8) is 0 Å². The van der Waals surface area contributed by atoms with E-state index in [9.17, 15) is 9.59 Å². The summed E-state index contributed by atoms with van der Waals surface area (Å²) in [4.78, 5) is 25.0. The van der Waals surface area contributed by atoms with Crippen molar-refractivity contribution in [1.29, 1.82) is 0 Å². The highest BCUT2D eigenvalue weighted by atomic mass is 16.6. The molecule has 30 heavy (non-hydrogen) atoms. The second kappa shape index (κ2) is 9.08. The Kier molecular flexibility index (Phi) is 6.31. The number of fused-ring (bicyclic) bond motifs is 1. The first-order chi connectivity index (χ1) is 14.4. The van der Waals surface area contributed by atoms with E-state index in [2.05, 4.69) is 16.8 Å². The molecule has 0 saturated heterocycles. The van der Waals surface area contributed by atoms with Crippen LogP contribution < -0.4 is 9.47 Å². The number of benzene rings is 2. The quantitative estimate of drug-likeness (QED) is 0.317. The highest BCUT2D eigenvalue weighted by Gasteiger charge is 2.13. The number of aromatic nitrogens is 3. The summed E-state index contributed by atoms with van der Waals surface area (Å²) >= 11 is 0. The normalized spacial score (nSPS) is 10.5. The van der Waals surface area contributed by atoms with Gasteiger partial charge in [0.1, 0.15) is 24.2 Å². The van der Waals surface area contributed by atoms with E-state index in [1.54, 1.807) is 57.5 Å². The molecule has 1 aromatic heterocycles. The molecule has 0 N–H and O–H groups in total. The number of hydrogen-bond acceptors (Lipinski definition) is 8. The van der Waals surface area contributed by atoms with Crippen molar-refractivity contribution in [2.45, 2.75) is 6.92 Å². The van der Waals surface area contributed by atoms with E-state index in [1.807, 2.05) is 0 Å². The average molecular weight is 411 g/mol. The van der Waals surface area contributed by atoms with Crippen LogP contribution in [-0.2, 0) is 14.3 Å². The van der Waals surface area contributed by atoms with E-state index in [1.165, 1.54) is 4.80 Å². The van der Waals surface area contributed by atoms with Crippen molar-refractivity contribution in [3.8, 4) is 17.2 Å². The van der Waals surface area contributed by atoms with Gasteiger partial charge in [0.15, 0.2) is 11.5 Å². The third-order valence-electron chi connectivity index (χ3n) is 4.11. The molecule has 1 heterocycles. The molecular weight excluding hydrogens is 390 g/mol. The fourth-order valence-electron chi connectivity index (χ4n) is 2.58. The molecule has 2 aromatic carbocycles. The summed E-state index contributed by atoms with van der Waals surface area (Å²) in [6, 6.07) is 10.2. The van der Waals surface area contributed by atoms with Gasteiger partial charge in [0.2, 0.25) is 0 Å². The molecule has 3 aromatic rings. The van der Waals surface area contributed by atoms with Crippen LogP contribution in [0.25, 0.3) is 16.7 Å². The second-order valence-electron chi connectivity index (χ2n) is 6.28. The van der Waals surface area contributed by atoms with Crippen LogP contribution in [0.3, 0.4) is 0 Å². The first kappa shape index (κ1) is 20.8. The van der Waals surface area contributed by atoms with Crippen molar-refractivity contribution in [2.75, 3.05) is 27.4 Å². The van der Waals surface area contributed by atoms with Gasteiger partial charge in [0, 0.05) is 11.6 Å². The third-order valence-corrected chi connectivity index (χ3v) is 4.11. The van der Waals surface area contributed by atoms with Gasteiger partial charge in [-0.2, -0.15) is 4.80 Å². The van der Waals surface area contributed by atoms with E-state index in [-0.39, 0.29) is 18.8 Å². The molecule has 9 nitrogen and oxygen atoms in total. The van der Waals surface area contributed by atoms with Gasteiger partial charge in [-0.05, 0) is 37.3 Å². The molecule has 3 rings (SSSR count). The van der Waals surface area contributed by atoms with Crippen LogP contribution in [0, 0.1) is 0 Å².